The molecular weight excluding hydrogens is 192 g/mol. The first-order valence-corrected chi connectivity index (χ1v) is 5.52. The fraction of sp³-hybridized carbons (Fsp3) is 0.167. The van der Waals surface area contributed by atoms with E-state index in [1.54, 1.807) is 11.3 Å². The van der Waals surface area contributed by atoms with Gasteiger partial charge in [0.1, 0.15) is 0 Å². The number of aliphatic hydroxyl groups is 1. The van der Waals surface area contributed by atoms with Crippen LogP contribution in [0.3, 0.4) is 0 Å². The molecule has 1 heterocycles. The second-order valence-electron chi connectivity index (χ2n) is 3.10. The van der Waals surface area contributed by atoms with Crippen LogP contribution >= 0.6 is 11.3 Å². The minimum Gasteiger partial charge on any atom is -0.396 e. The molecule has 0 aliphatic heterocycles. The first kappa shape index (κ1) is 9.44. The first-order chi connectivity index (χ1) is 6.92. The SMILES string of the molecule is OCCc1sccc1-c1ccccc1. The minimum atomic E-state index is 0.223. The van der Waals surface area contributed by atoms with Crippen molar-refractivity contribution in [2.75, 3.05) is 6.61 Å². The molecule has 2 heteroatoms. The Morgan fingerprint density at radius 2 is 1.86 bits per heavy atom. The zero-order valence-electron chi connectivity index (χ0n) is 7.81. The van der Waals surface area contributed by atoms with Crippen LogP contribution in [0, 0.1) is 0 Å². The van der Waals surface area contributed by atoms with E-state index in [9.17, 15) is 0 Å². The van der Waals surface area contributed by atoms with Crippen LogP contribution in [0.25, 0.3) is 11.1 Å². The Morgan fingerprint density at radius 3 is 2.57 bits per heavy atom. The molecule has 1 aromatic heterocycles. The highest BCUT2D eigenvalue weighted by Crippen LogP contribution is 2.28. The van der Waals surface area contributed by atoms with Crippen LogP contribution in [0.2, 0.25) is 0 Å². The van der Waals surface area contributed by atoms with Crippen LogP contribution in [0.4, 0.5) is 0 Å². The molecule has 1 nitrogen and oxygen atoms in total. The Balaban J connectivity index is 2.37. The van der Waals surface area contributed by atoms with Gasteiger partial charge < -0.3 is 5.11 Å². The molecule has 1 aromatic carbocycles. The van der Waals surface area contributed by atoms with Crippen molar-refractivity contribution in [1.82, 2.24) is 0 Å². The van der Waals surface area contributed by atoms with Gasteiger partial charge in [0.05, 0.1) is 0 Å². The summed E-state index contributed by atoms with van der Waals surface area (Å²) in [5.41, 5.74) is 2.49. The molecule has 0 saturated heterocycles. The summed E-state index contributed by atoms with van der Waals surface area (Å²) in [6, 6.07) is 12.4. The maximum absolute atomic E-state index is 8.92. The van der Waals surface area contributed by atoms with Gasteiger partial charge in [0.15, 0.2) is 0 Å². The fourth-order valence-corrected chi connectivity index (χ4v) is 2.40. The monoisotopic (exact) mass is 204 g/mol. The second kappa shape index (κ2) is 4.40. The van der Waals surface area contributed by atoms with Gasteiger partial charge in [-0.05, 0) is 22.6 Å². The molecule has 0 spiro atoms. The summed E-state index contributed by atoms with van der Waals surface area (Å²) < 4.78 is 0. The number of aliphatic hydroxyl groups excluding tert-OH is 1. The molecule has 72 valence electrons. The zero-order valence-corrected chi connectivity index (χ0v) is 8.63. The van der Waals surface area contributed by atoms with Crippen LogP contribution in [0.15, 0.2) is 41.8 Å². The fourth-order valence-electron chi connectivity index (χ4n) is 1.51. The summed E-state index contributed by atoms with van der Waals surface area (Å²) in [7, 11) is 0. The van der Waals surface area contributed by atoms with E-state index in [0.29, 0.717) is 0 Å². The maximum atomic E-state index is 8.92. The van der Waals surface area contributed by atoms with E-state index < -0.39 is 0 Å². The summed E-state index contributed by atoms with van der Waals surface area (Å²) in [6.45, 7) is 0.223. The Hall–Kier alpha value is -1.12. The van der Waals surface area contributed by atoms with Crippen LogP contribution in [0.5, 0.6) is 0 Å². The first-order valence-electron chi connectivity index (χ1n) is 4.64. The molecule has 0 bridgehead atoms. The largest absolute Gasteiger partial charge is 0.396 e. The van der Waals surface area contributed by atoms with Crippen molar-refractivity contribution in [3.63, 3.8) is 0 Å². The van der Waals surface area contributed by atoms with E-state index in [1.807, 2.05) is 18.2 Å². The van der Waals surface area contributed by atoms with Crippen molar-refractivity contribution in [3.8, 4) is 11.1 Å². The van der Waals surface area contributed by atoms with Crippen molar-refractivity contribution >= 4 is 11.3 Å². The van der Waals surface area contributed by atoms with Gasteiger partial charge in [-0.2, -0.15) is 0 Å². The molecule has 0 saturated carbocycles. The quantitative estimate of drug-likeness (QED) is 0.815. The third-order valence-corrected chi connectivity index (χ3v) is 3.15. The van der Waals surface area contributed by atoms with Crippen molar-refractivity contribution < 1.29 is 5.11 Å². The highest BCUT2D eigenvalue weighted by Gasteiger charge is 2.04. The van der Waals surface area contributed by atoms with Gasteiger partial charge in [0.2, 0.25) is 0 Å². The van der Waals surface area contributed by atoms with E-state index in [-0.39, 0.29) is 6.61 Å². The number of rotatable bonds is 3. The van der Waals surface area contributed by atoms with Gasteiger partial charge in [-0.3, -0.25) is 0 Å². The normalized spacial score (nSPS) is 10.4. The molecule has 1 N–H and O–H groups in total. The summed E-state index contributed by atoms with van der Waals surface area (Å²) in [5.74, 6) is 0. The second-order valence-corrected chi connectivity index (χ2v) is 4.10. The lowest BCUT2D eigenvalue weighted by Crippen LogP contribution is -1.88. The van der Waals surface area contributed by atoms with Gasteiger partial charge in [0.25, 0.3) is 0 Å². The lowest BCUT2D eigenvalue weighted by Gasteiger charge is -2.01. The third kappa shape index (κ3) is 1.86. The standard InChI is InChI=1S/C12H12OS/c13-8-6-12-11(7-9-14-12)10-4-2-1-3-5-10/h1-5,7,9,13H,6,8H2. The van der Waals surface area contributed by atoms with Crippen LogP contribution in [-0.4, -0.2) is 11.7 Å². The van der Waals surface area contributed by atoms with E-state index in [2.05, 4.69) is 23.6 Å². The van der Waals surface area contributed by atoms with Gasteiger partial charge in [0, 0.05) is 17.9 Å². The molecule has 14 heavy (non-hydrogen) atoms. The van der Waals surface area contributed by atoms with Crippen molar-refractivity contribution in [2.24, 2.45) is 0 Å². The molecule has 0 radical (unpaired) electrons. The van der Waals surface area contributed by atoms with E-state index in [4.69, 9.17) is 5.11 Å². The molecule has 0 aliphatic carbocycles. The third-order valence-electron chi connectivity index (χ3n) is 2.17. The number of benzene rings is 1. The topological polar surface area (TPSA) is 20.2 Å². The lowest BCUT2D eigenvalue weighted by atomic mass is 10.1. The Bertz CT molecular complexity index is 392. The minimum absolute atomic E-state index is 0.223. The predicted molar refractivity (Wildman–Crippen MR) is 60.5 cm³/mol. The summed E-state index contributed by atoms with van der Waals surface area (Å²) in [4.78, 5) is 1.26. The van der Waals surface area contributed by atoms with Crippen molar-refractivity contribution in [2.45, 2.75) is 6.42 Å². The average molecular weight is 204 g/mol. The maximum Gasteiger partial charge on any atom is 0.0479 e. The van der Waals surface area contributed by atoms with E-state index in [1.165, 1.54) is 16.0 Å². The van der Waals surface area contributed by atoms with Crippen LogP contribution in [-0.2, 0) is 6.42 Å². The Labute approximate surface area is 87.7 Å². The molecule has 2 aromatic rings. The van der Waals surface area contributed by atoms with Crippen molar-refractivity contribution in [3.05, 3.63) is 46.7 Å². The van der Waals surface area contributed by atoms with Crippen LogP contribution < -0.4 is 0 Å². The molecular formula is C12H12OS. The van der Waals surface area contributed by atoms with E-state index >= 15 is 0 Å². The van der Waals surface area contributed by atoms with Gasteiger partial charge >= 0.3 is 0 Å². The molecule has 0 unspecified atom stereocenters. The number of hydrogen-bond acceptors (Lipinski definition) is 2. The Kier molecular flexibility index (Phi) is 2.96. The predicted octanol–water partition coefficient (Wildman–Crippen LogP) is 2.95. The number of thiophene rings is 1. The Morgan fingerprint density at radius 1 is 1.07 bits per heavy atom. The lowest BCUT2D eigenvalue weighted by molar-refractivity contribution is 0.301. The zero-order chi connectivity index (χ0) is 9.80. The van der Waals surface area contributed by atoms with Crippen LogP contribution in [0.1, 0.15) is 4.88 Å². The van der Waals surface area contributed by atoms with Crippen molar-refractivity contribution in [1.29, 1.82) is 0 Å². The van der Waals surface area contributed by atoms with E-state index in [0.717, 1.165) is 6.42 Å². The molecule has 0 aliphatic rings. The number of hydrogen-bond donors (Lipinski definition) is 1. The highest BCUT2D eigenvalue weighted by molar-refractivity contribution is 7.10. The molecule has 0 atom stereocenters. The van der Waals surface area contributed by atoms with Gasteiger partial charge in [-0.25, -0.2) is 0 Å². The smallest absolute Gasteiger partial charge is 0.0479 e. The summed E-state index contributed by atoms with van der Waals surface area (Å²) in [6.07, 6.45) is 0.752. The van der Waals surface area contributed by atoms with Gasteiger partial charge in [-0.15, -0.1) is 11.3 Å². The summed E-state index contributed by atoms with van der Waals surface area (Å²) in [5, 5.41) is 11.0. The van der Waals surface area contributed by atoms with Gasteiger partial charge in [-0.1, -0.05) is 30.3 Å². The molecule has 0 fully saturated rings. The molecule has 0 amide bonds. The molecule has 2 rings (SSSR count). The average Bonchev–Trinajstić information content (AvgIpc) is 2.68. The summed E-state index contributed by atoms with van der Waals surface area (Å²) >= 11 is 1.71. The highest BCUT2D eigenvalue weighted by atomic mass is 32.1.